The second-order valence-electron chi connectivity index (χ2n) is 8.94. The Hall–Kier alpha value is -4.84. The van der Waals surface area contributed by atoms with E-state index in [2.05, 4.69) is 25.0 Å². The molecular formula is C27H27N7O4S. The normalized spacial score (nSPS) is 12.4. The number of carbonyl (C=O) groups excluding carboxylic acids is 1. The Balaban J connectivity index is 1.51. The van der Waals surface area contributed by atoms with Gasteiger partial charge >= 0.3 is 0 Å². The van der Waals surface area contributed by atoms with Gasteiger partial charge in [0.1, 0.15) is 17.6 Å². The number of nitrogens with one attached hydrogen (secondary N) is 3. The number of nitrogens with two attached hydrogens (primary N) is 2. The van der Waals surface area contributed by atoms with Crippen LogP contribution >= 0.6 is 0 Å². The molecule has 2 heterocycles. The van der Waals surface area contributed by atoms with Crippen LogP contribution in [0, 0.1) is 6.92 Å². The molecular weight excluding hydrogens is 518 g/mol. The monoisotopic (exact) mass is 545 g/mol. The number of carbonyl (C=O) groups is 1. The number of benzene rings is 3. The van der Waals surface area contributed by atoms with Crippen LogP contribution in [0.4, 0.5) is 17.5 Å². The predicted molar refractivity (Wildman–Crippen MR) is 151 cm³/mol. The van der Waals surface area contributed by atoms with Crippen LogP contribution in [0.5, 0.6) is 5.75 Å². The largest absolute Gasteiger partial charge is 0.494 e. The maximum atomic E-state index is 13.6. The van der Waals surface area contributed by atoms with Crippen molar-refractivity contribution in [1.82, 2.24) is 19.7 Å². The first-order valence-electron chi connectivity index (χ1n) is 12.1. The topological polar surface area (TPSA) is 178 Å². The summed E-state index contributed by atoms with van der Waals surface area (Å²) in [5.41, 5.74) is 14.6. The van der Waals surface area contributed by atoms with Crippen molar-refractivity contribution < 1.29 is 17.9 Å². The first-order valence-corrected chi connectivity index (χ1v) is 13.6. The van der Waals surface area contributed by atoms with Crippen LogP contribution in [-0.4, -0.2) is 35.9 Å². The van der Waals surface area contributed by atoms with Gasteiger partial charge in [0, 0.05) is 17.3 Å². The van der Waals surface area contributed by atoms with Gasteiger partial charge in [0.15, 0.2) is 5.95 Å². The molecule has 5 rings (SSSR count). The number of ether oxygens (including phenoxy) is 1. The first kappa shape index (κ1) is 25.8. The van der Waals surface area contributed by atoms with Crippen molar-refractivity contribution in [3.05, 3.63) is 78.0 Å². The first-order chi connectivity index (χ1) is 18.6. The highest BCUT2D eigenvalue weighted by Crippen LogP contribution is 2.29. The van der Waals surface area contributed by atoms with E-state index in [1.54, 1.807) is 36.5 Å². The maximum Gasteiger partial charge on any atom is 0.264 e. The molecule has 0 spiro atoms. The number of fused-ring (bicyclic) bond motifs is 2. The Bertz CT molecular complexity index is 1820. The molecule has 5 aromatic rings. The second-order valence-corrected chi connectivity index (χ2v) is 10.6. The van der Waals surface area contributed by atoms with Crippen molar-refractivity contribution in [3.8, 4) is 5.75 Å². The van der Waals surface area contributed by atoms with Gasteiger partial charge in [-0.3, -0.25) is 4.79 Å². The van der Waals surface area contributed by atoms with Crippen LogP contribution in [0.2, 0.25) is 0 Å². The van der Waals surface area contributed by atoms with Gasteiger partial charge in [-0.15, -0.1) is 0 Å². The molecule has 0 fully saturated rings. The Morgan fingerprint density at radius 3 is 2.69 bits per heavy atom. The van der Waals surface area contributed by atoms with Crippen molar-refractivity contribution in [3.63, 3.8) is 0 Å². The van der Waals surface area contributed by atoms with E-state index in [0.29, 0.717) is 40.5 Å². The number of aryl methyl sites for hydroxylation is 1. The summed E-state index contributed by atoms with van der Waals surface area (Å²) >= 11 is 0. The van der Waals surface area contributed by atoms with E-state index in [9.17, 15) is 13.2 Å². The molecule has 7 N–H and O–H groups in total. The molecule has 200 valence electrons. The highest BCUT2D eigenvalue weighted by atomic mass is 32.2. The zero-order valence-corrected chi connectivity index (χ0v) is 22.0. The summed E-state index contributed by atoms with van der Waals surface area (Å²) < 4.78 is 34.4. The molecule has 0 aliphatic heterocycles. The Morgan fingerprint density at radius 1 is 1.08 bits per heavy atom. The summed E-state index contributed by atoms with van der Waals surface area (Å²) in [7, 11) is -4.24. The molecule has 0 radical (unpaired) electrons. The van der Waals surface area contributed by atoms with Crippen LogP contribution < -0.4 is 26.2 Å². The van der Waals surface area contributed by atoms with E-state index in [1.807, 2.05) is 26.0 Å². The zero-order valence-electron chi connectivity index (χ0n) is 21.2. The summed E-state index contributed by atoms with van der Waals surface area (Å²) in [6, 6.07) is 15.6. The Morgan fingerprint density at radius 2 is 1.90 bits per heavy atom. The fraction of sp³-hybridized carbons (Fsp3) is 0.148. The summed E-state index contributed by atoms with van der Waals surface area (Å²) in [5, 5.41) is 4.75. The van der Waals surface area contributed by atoms with Crippen LogP contribution in [0.3, 0.4) is 0 Å². The molecule has 39 heavy (non-hydrogen) atoms. The maximum absolute atomic E-state index is 13.6. The highest BCUT2D eigenvalue weighted by Gasteiger charge is 2.27. The fourth-order valence-electron chi connectivity index (χ4n) is 4.29. The molecule has 1 amide bonds. The molecule has 0 saturated heterocycles. The van der Waals surface area contributed by atoms with E-state index < -0.39 is 22.0 Å². The molecule has 3 aromatic carbocycles. The number of amides is 1. The predicted octanol–water partition coefficient (Wildman–Crippen LogP) is 3.64. The van der Waals surface area contributed by atoms with Crippen molar-refractivity contribution >= 4 is 55.2 Å². The number of sulfonamides is 1. The summed E-state index contributed by atoms with van der Waals surface area (Å²) in [5.74, 6) is 0.359. The fourth-order valence-corrected chi connectivity index (χ4v) is 5.31. The minimum Gasteiger partial charge on any atom is -0.494 e. The van der Waals surface area contributed by atoms with E-state index in [0.717, 1.165) is 16.3 Å². The number of anilines is 3. The van der Waals surface area contributed by atoms with Crippen LogP contribution in [0.15, 0.2) is 71.8 Å². The molecule has 0 aliphatic carbocycles. The number of hydrogen-bond acceptors (Lipinski definition) is 9. The number of rotatable bonds is 8. The average molecular weight is 546 g/mol. The lowest BCUT2D eigenvalue weighted by atomic mass is 10.0. The Kier molecular flexibility index (Phi) is 6.71. The lowest BCUT2D eigenvalue weighted by Crippen LogP contribution is -2.37. The third-order valence-corrected chi connectivity index (χ3v) is 7.58. The minimum atomic E-state index is -4.24. The molecule has 1 atom stereocenters. The Labute approximate surface area is 224 Å². The average Bonchev–Trinajstić information content (AvgIpc) is 3.28. The summed E-state index contributed by atoms with van der Waals surface area (Å²) in [6.45, 7) is 4.19. The molecule has 0 aliphatic rings. The standard InChI is InChI=1S/C27H27N7O4S/c1-3-38-23-13-17(5-4-15(23)2)24(31-18-6-8-20-16(12-18)10-11-30-25(20)28)26(35)34-39(36,37)19-7-9-21-22(14-19)33-27(29)32-21/h4-14,24,31H,3H2,1-2H3,(H2,28,30)(H,34,35)(H3,29,32,33). The number of imidazole rings is 1. The van der Waals surface area contributed by atoms with Crippen molar-refractivity contribution in [2.24, 2.45) is 0 Å². The van der Waals surface area contributed by atoms with Crippen molar-refractivity contribution in [2.75, 3.05) is 23.4 Å². The number of pyridine rings is 1. The summed E-state index contributed by atoms with van der Waals surface area (Å²) in [4.78, 5) is 24.5. The van der Waals surface area contributed by atoms with Gasteiger partial charge < -0.3 is 26.5 Å². The van der Waals surface area contributed by atoms with Crippen LogP contribution in [0.1, 0.15) is 24.1 Å². The second kappa shape index (κ2) is 10.1. The minimum absolute atomic E-state index is 0.113. The SMILES string of the molecule is CCOc1cc(C(Nc2ccc3c(N)nccc3c2)C(=O)NS(=O)(=O)c2ccc3nc(N)[nH]c3c2)ccc1C. The van der Waals surface area contributed by atoms with E-state index >= 15 is 0 Å². The molecule has 2 aromatic heterocycles. The van der Waals surface area contributed by atoms with Gasteiger partial charge in [0.25, 0.3) is 15.9 Å². The number of nitrogen functional groups attached to an aromatic ring is 2. The highest BCUT2D eigenvalue weighted by molar-refractivity contribution is 7.90. The molecule has 1 unspecified atom stereocenters. The molecule has 11 nitrogen and oxygen atoms in total. The summed E-state index contributed by atoms with van der Waals surface area (Å²) in [6.07, 6.45) is 1.59. The number of H-pyrrole nitrogens is 1. The molecule has 0 saturated carbocycles. The van der Waals surface area contributed by atoms with Gasteiger partial charge in [0.2, 0.25) is 0 Å². The number of hydrogen-bond donors (Lipinski definition) is 5. The lowest BCUT2D eigenvalue weighted by molar-refractivity contribution is -0.120. The van der Waals surface area contributed by atoms with Crippen molar-refractivity contribution in [1.29, 1.82) is 0 Å². The van der Waals surface area contributed by atoms with Gasteiger partial charge in [-0.1, -0.05) is 12.1 Å². The van der Waals surface area contributed by atoms with Gasteiger partial charge in [0.05, 0.1) is 22.5 Å². The van der Waals surface area contributed by atoms with Gasteiger partial charge in [-0.05, 0) is 78.9 Å². The van der Waals surface area contributed by atoms with E-state index in [1.165, 1.54) is 18.2 Å². The lowest BCUT2D eigenvalue weighted by Gasteiger charge is -2.21. The quantitative estimate of drug-likeness (QED) is 0.195. The number of aromatic amines is 1. The molecule has 0 bridgehead atoms. The zero-order chi connectivity index (χ0) is 27.7. The van der Waals surface area contributed by atoms with E-state index in [-0.39, 0.29) is 10.8 Å². The molecule has 12 heteroatoms. The van der Waals surface area contributed by atoms with E-state index in [4.69, 9.17) is 16.2 Å². The van der Waals surface area contributed by atoms with Gasteiger partial charge in [-0.2, -0.15) is 0 Å². The smallest absolute Gasteiger partial charge is 0.264 e. The number of nitrogens with zero attached hydrogens (tertiary/aromatic N) is 2. The number of aromatic nitrogens is 3. The third kappa shape index (κ3) is 5.27. The van der Waals surface area contributed by atoms with Crippen molar-refractivity contribution in [2.45, 2.75) is 24.8 Å². The van der Waals surface area contributed by atoms with Crippen LogP contribution in [0.25, 0.3) is 21.8 Å². The van der Waals surface area contributed by atoms with Crippen LogP contribution in [-0.2, 0) is 14.8 Å². The van der Waals surface area contributed by atoms with Gasteiger partial charge in [-0.25, -0.2) is 23.1 Å². The third-order valence-electron chi connectivity index (χ3n) is 6.23.